The van der Waals surface area contributed by atoms with Crippen molar-refractivity contribution in [1.29, 1.82) is 0 Å². The number of hydroxylamine groups is 2. The normalized spacial score (nSPS) is 20.8. The molecule has 3 fully saturated rings. The molecule has 0 heterocycles. The number of esters is 1. The van der Waals surface area contributed by atoms with Crippen molar-refractivity contribution < 1.29 is 23.9 Å². The molecule has 0 aliphatic heterocycles. The lowest BCUT2D eigenvalue weighted by molar-refractivity contribution is -0.226. The summed E-state index contributed by atoms with van der Waals surface area (Å²) in [6.45, 7) is 0.359. The Morgan fingerprint density at radius 3 is 2.06 bits per heavy atom. The molecule has 0 spiro atoms. The van der Waals surface area contributed by atoms with Gasteiger partial charge in [-0.1, -0.05) is 68.9 Å². The van der Waals surface area contributed by atoms with Gasteiger partial charge in [0.05, 0.1) is 19.3 Å². The monoisotopic (exact) mass is 486 g/mol. The summed E-state index contributed by atoms with van der Waals surface area (Å²) in [4.78, 5) is 31.9. The van der Waals surface area contributed by atoms with Crippen molar-refractivity contribution in [3.8, 4) is 0 Å². The van der Waals surface area contributed by atoms with E-state index in [0.29, 0.717) is 12.1 Å². The van der Waals surface area contributed by atoms with Crippen molar-refractivity contribution >= 4 is 11.9 Å². The Labute approximate surface area is 209 Å². The second-order valence-corrected chi connectivity index (χ2v) is 10.3. The maximum atomic E-state index is 13.4. The van der Waals surface area contributed by atoms with Gasteiger partial charge >= 0.3 is 11.9 Å². The zero-order valence-electron chi connectivity index (χ0n) is 21.0. The molecule has 0 bridgehead atoms. The molecule has 1 aromatic carbocycles. The first kappa shape index (κ1) is 26.1. The summed E-state index contributed by atoms with van der Waals surface area (Å²) in [7, 11) is 0. The average Bonchev–Trinajstić information content (AvgIpc) is 2.88. The van der Waals surface area contributed by atoms with Crippen LogP contribution in [0.15, 0.2) is 30.3 Å². The van der Waals surface area contributed by atoms with Crippen molar-refractivity contribution in [2.75, 3.05) is 13.2 Å². The molecular weight excluding hydrogens is 444 g/mol. The lowest BCUT2D eigenvalue weighted by atomic mass is 9.90. The van der Waals surface area contributed by atoms with Crippen LogP contribution in [0.4, 0.5) is 0 Å². The molecule has 0 amide bonds. The summed E-state index contributed by atoms with van der Waals surface area (Å²) in [5, 5.41) is 5.10. The van der Waals surface area contributed by atoms with Gasteiger partial charge in [0.25, 0.3) is 0 Å². The molecule has 35 heavy (non-hydrogen) atoms. The van der Waals surface area contributed by atoms with E-state index in [1.165, 1.54) is 38.5 Å². The molecule has 0 aromatic heterocycles. The topological polar surface area (TPSA) is 77.1 Å². The molecule has 3 aliphatic rings. The van der Waals surface area contributed by atoms with Crippen LogP contribution in [0.2, 0.25) is 0 Å². The lowest BCUT2D eigenvalue weighted by Gasteiger charge is -2.40. The van der Waals surface area contributed by atoms with E-state index < -0.39 is 12.0 Å². The number of nitrogens with one attached hydrogen (secondary N) is 1. The van der Waals surface area contributed by atoms with Crippen LogP contribution in [0.1, 0.15) is 89.0 Å². The molecule has 4 rings (SSSR count). The molecular formula is C28H42N2O5. The fourth-order valence-corrected chi connectivity index (χ4v) is 5.26. The van der Waals surface area contributed by atoms with Gasteiger partial charge in [-0.05, 0) is 50.5 Å². The highest BCUT2D eigenvalue weighted by molar-refractivity contribution is 5.77. The molecule has 1 atom stereocenters. The van der Waals surface area contributed by atoms with Gasteiger partial charge in [-0.2, -0.15) is 0 Å². The van der Waals surface area contributed by atoms with Crippen LogP contribution in [0.5, 0.6) is 0 Å². The highest BCUT2D eigenvalue weighted by atomic mass is 16.7. The molecule has 7 nitrogen and oxygen atoms in total. The number of hydrogen-bond acceptors (Lipinski definition) is 7. The Morgan fingerprint density at radius 1 is 0.857 bits per heavy atom. The quantitative estimate of drug-likeness (QED) is 0.339. The third kappa shape index (κ3) is 8.29. The molecule has 0 radical (unpaired) electrons. The van der Waals surface area contributed by atoms with Crippen LogP contribution in [0.3, 0.4) is 0 Å². The Hall–Kier alpha value is -1.96. The van der Waals surface area contributed by atoms with Gasteiger partial charge < -0.3 is 14.3 Å². The smallest absolute Gasteiger partial charge is 0.344 e. The second kappa shape index (κ2) is 14.0. The fourth-order valence-electron chi connectivity index (χ4n) is 5.26. The minimum absolute atomic E-state index is 0.0620. The largest absolute Gasteiger partial charge is 0.460 e. The van der Waals surface area contributed by atoms with Gasteiger partial charge in [0.15, 0.2) is 0 Å². The number of benzene rings is 1. The van der Waals surface area contributed by atoms with Crippen molar-refractivity contribution in [2.24, 2.45) is 0 Å². The first-order valence-corrected chi connectivity index (χ1v) is 13.7. The number of carbonyl (C=O) groups excluding carboxylic acids is 2. The van der Waals surface area contributed by atoms with Crippen LogP contribution in [0.25, 0.3) is 0 Å². The first-order chi connectivity index (χ1) is 17.2. The van der Waals surface area contributed by atoms with E-state index in [4.69, 9.17) is 14.3 Å². The third-order valence-electron chi connectivity index (χ3n) is 7.64. The number of ether oxygens (including phenoxy) is 2. The highest BCUT2D eigenvalue weighted by Gasteiger charge is 2.34. The van der Waals surface area contributed by atoms with Gasteiger partial charge in [-0.15, -0.1) is 5.06 Å². The Morgan fingerprint density at radius 2 is 1.49 bits per heavy atom. The summed E-state index contributed by atoms with van der Waals surface area (Å²) in [6, 6.07) is 9.46. The van der Waals surface area contributed by atoms with Gasteiger partial charge in [0.1, 0.15) is 12.6 Å². The zero-order valence-corrected chi connectivity index (χ0v) is 21.0. The SMILES string of the molecule is O=C(CN[C@@H](COC1CCC1)C(=O)ON(C1CCCCC1)C1CCCCC1)OCc1ccccc1. The summed E-state index contributed by atoms with van der Waals surface area (Å²) < 4.78 is 11.3. The van der Waals surface area contributed by atoms with Crippen molar-refractivity contribution in [3.05, 3.63) is 35.9 Å². The summed E-state index contributed by atoms with van der Waals surface area (Å²) in [5.74, 6) is -0.747. The van der Waals surface area contributed by atoms with E-state index in [9.17, 15) is 9.59 Å². The molecule has 3 saturated carbocycles. The van der Waals surface area contributed by atoms with Gasteiger partial charge in [-0.25, -0.2) is 4.79 Å². The van der Waals surface area contributed by atoms with Crippen molar-refractivity contribution in [2.45, 2.75) is 114 Å². The molecule has 1 N–H and O–H groups in total. The molecule has 1 aromatic rings. The van der Waals surface area contributed by atoms with Gasteiger partial charge in [-0.3, -0.25) is 10.1 Å². The molecule has 3 aliphatic carbocycles. The lowest BCUT2D eigenvalue weighted by Crippen LogP contribution is -2.51. The van der Waals surface area contributed by atoms with Crippen LogP contribution >= 0.6 is 0 Å². The van der Waals surface area contributed by atoms with Gasteiger partial charge in [0, 0.05) is 12.1 Å². The zero-order chi connectivity index (χ0) is 24.3. The summed E-state index contributed by atoms with van der Waals surface area (Å²) >= 11 is 0. The number of hydrogen-bond donors (Lipinski definition) is 1. The van der Waals surface area contributed by atoms with Crippen LogP contribution in [-0.4, -0.2) is 54.4 Å². The molecule has 7 heteroatoms. The van der Waals surface area contributed by atoms with Crippen LogP contribution < -0.4 is 5.32 Å². The molecule has 0 saturated heterocycles. The molecule has 0 unspecified atom stereocenters. The van der Waals surface area contributed by atoms with Crippen LogP contribution in [0, 0.1) is 0 Å². The minimum atomic E-state index is -0.699. The first-order valence-electron chi connectivity index (χ1n) is 13.7. The van der Waals surface area contributed by atoms with E-state index in [0.717, 1.165) is 50.5 Å². The van der Waals surface area contributed by atoms with E-state index in [1.54, 1.807) is 0 Å². The van der Waals surface area contributed by atoms with Crippen molar-refractivity contribution in [1.82, 2.24) is 10.4 Å². The summed E-state index contributed by atoms with van der Waals surface area (Å²) in [5.41, 5.74) is 0.931. The van der Waals surface area contributed by atoms with E-state index in [1.807, 2.05) is 35.4 Å². The highest BCUT2D eigenvalue weighted by Crippen LogP contribution is 2.30. The number of rotatable bonds is 12. The Balaban J connectivity index is 1.34. The number of carbonyl (C=O) groups is 2. The maximum absolute atomic E-state index is 13.4. The fraction of sp³-hybridized carbons (Fsp3) is 0.714. The number of nitrogens with zero attached hydrogens (tertiary/aromatic N) is 1. The van der Waals surface area contributed by atoms with Crippen LogP contribution in [-0.2, 0) is 30.5 Å². The molecule has 194 valence electrons. The minimum Gasteiger partial charge on any atom is -0.460 e. The Bertz CT molecular complexity index is 755. The second-order valence-electron chi connectivity index (χ2n) is 10.3. The van der Waals surface area contributed by atoms with Crippen molar-refractivity contribution in [3.63, 3.8) is 0 Å². The van der Waals surface area contributed by atoms with E-state index in [-0.39, 0.29) is 31.8 Å². The predicted octanol–water partition coefficient (Wildman–Crippen LogP) is 4.68. The summed E-state index contributed by atoms with van der Waals surface area (Å²) in [6.07, 6.45) is 15.0. The maximum Gasteiger partial charge on any atom is 0.344 e. The van der Waals surface area contributed by atoms with Gasteiger partial charge in [0.2, 0.25) is 0 Å². The third-order valence-corrected chi connectivity index (χ3v) is 7.64. The standard InChI is InChI=1S/C28H42N2O5/c31-27(34-20-22-11-4-1-5-12-22)19-29-26(21-33-25-17-10-18-25)28(32)35-30(23-13-6-2-7-14-23)24-15-8-3-9-16-24/h1,4-5,11-12,23-26,29H,2-3,6-10,13-21H2/t26-/m0/s1. The van der Waals surface area contributed by atoms with E-state index >= 15 is 0 Å². The Kier molecular flexibility index (Phi) is 10.4. The average molecular weight is 487 g/mol. The predicted molar refractivity (Wildman–Crippen MR) is 133 cm³/mol. The van der Waals surface area contributed by atoms with E-state index in [2.05, 4.69) is 5.32 Å².